The van der Waals surface area contributed by atoms with Crippen LogP contribution in [0.3, 0.4) is 0 Å². The molecule has 1 atom stereocenters. The Kier molecular flexibility index (Phi) is 4.28. The minimum Gasteiger partial charge on any atom is -0.337 e. The summed E-state index contributed by atoms with van der Waals surface area (Å²) < 4.78 is 0. The minimum absolute atomic E-state index is 0.0320. The molecule has 0 bridgehead atoms. The average molecular weight is 309 g/mol. The van der Waals surface area contributed by atoms with Crippen LogP contribution in [-0.4, -0.2) is 28.8 Å². The molecule has 2 rings (SSSR count). The molecule has 21 heavy (non-hydrogen) atoms. The van der Waals surface area contributed by atoms with Crippen LogP contribution in [0.1, 0.15) is 32.8 Å². The van der Waals surface area contributed by atoms with Crippen LogP contribution in [0.5, 0.6) is 0 Å². The Bertz CT molecular complexity index is 578. The van der Waals surface area contributed by atoms with Gasteiger partial charge in [0.2, 0.25) is 11.8 Å². The molecule has 0 radical (unpaired) electrons. The van der Waals surface area contributed by atoms with Crippen LogP contribution in [-0.2, 0) is 9.59 Å². The molecule has 1 saturated heterocycles. The summed E-state index contributed by atoms with van der Waals surface area (Å²) in [4.78, 5) is 26.1. The standard InChI is InChI=1S/C16H21ClN2O2/c1-10-5-6-12(8-13(10)17)18-15(21)11-7-14(20)19(9-11)16(2,3)4/h5-6,8,11H,7,9H2,1-4H3,(H,18,21)/t11-/m1/s1. The summed E-state index contributed by atoms with van der Waals surface area (Å²) in [6, 6.07) is 5.41. The zero-order chi connectivity index (χ0) is 15.8. The number of aryl methyl sites for hydroxylation is 1. The Morgan fingerprint density at radius 2 is 2.05 bits per heavy atom. The molecular formula is C16H21ClN2O2. The number of anilines is 1. The summed E-state index contributed by atoms with van der Waals surface area (Å²) in [6.45, 7) is 8.30. The number of halogens is 1. The second-order valence-electron chi connectivity index (χ2n) is 6.53. The van der Waals surface area contributed by atoms with Gasteiger partial charge in [-0.25, -0.2) is 0 Å². The zero-order valence-electron chi connectivity index (χ0n) is 12.9. The molecule has 1 aromatic rings. The van der Waals surface area contributed by atoms with E-state index in [4.69, 9.17) is 11.6 Å². The zero-order valence-corrected chi connectivity index (χ0v) is 13.6. The van der Waals surface area contributed by atoms with Crippen molar-refractivity contribution in [3.8, 4) is 0 Å². The van der Waals surface area contributed by atoms with Crippen molar-refractivity contribution in [3.63, 3.8) is 0 Å². The SMILES string of the molecule is Cc1ccc(NC(=O)[C@@H]2CC(=O)N(C(C)(C)C)C2)cc1Cl. The number of nitrogens with zero attached hydrogens (tertiary/aromatic N) is 1. The van der Waals surface area contributed by atoms with Gasteiger partial charge < -0.3 is 10.2 Å². The van der Waals surface area contributed by atoms with Gasteiger partial charge >= 0.3 is 0 Å². The van der Waals surface area contributed by atoms with Crippen molar-refractivity contribution in [2.24, 2.45) is 5.92 Å². The fraction of sp³-hybridized carbons (Fsp3) is 0.500. The van der Waals surface area contributed by atoms with Gasteiger partial charge in [-0.15, -0.1) is 0 Å². The Labute approximate surface area is 130 Å². The van der Waals surface area contributed by atoms with Crippen molar-refractivity contribution in [2.75, 3.05) is 11.9 Å². The van der Waals surface area contributed by atoms with Gasteiger partial charge in [-0.2, -0.15) is 0 Å². The molecule has 1 N–H and O–H groups in total. The highest BCUT2D eigenvalue weighted by atomic mass is 35.5. The molecule has 0 spiro atoms. The number of carbonyl (C=O) groups excluding carboxylic acids is 2. The lowest BCUT2D eigenvalue weighted by molar-refractivity contribution is -0.131. The van der Waals surface area contributed by atoms with Crippen LogP contribution in [0.15, 0.2) is 18.2 Å². The molecule has 0 aromatic heterocycles. The summed E-state index contributed by atoms with van der Waals surface area (Å²) in [5.74, 6) is -0.406. The van der Waals surface area contributed by atoms with E-state index in [1.54, 1.807) is 11.0 Å². The highest BCUT2D eigenvalue weighted by Gasteiger charge is 2.39. The number of amides is 2. The van der Waals surface area contributed by atoms with Gasteiger partial charge in [0.05, 0.1) is 5.92 Å². The summed E-state index contributed by atoms with van der Waals surface area (Å²) in [7, 11) is 0. The molecule has 1 aromatic carbocycles. The van der Waals surface area contributed by atoms with Crippen molar-refractivity contribution in [1.29, 1.82) is 0 Å². The number of rotatable bonds is 2. The van der Waals surface area contributed by atoms with E-state index in [-0.39, 0.29) is 29.7 Å². The maximum absolute atomic E-state index is 12.3. The first-order chi connectivity index (χ1) is 9.68. The number of carbonyl (C=O) groups is 2. The highest BCUT2D eigenvalue weighted by Crippen LogP contribution is 2.27. The van der Waals surface area contributed by atoms with Crippen molar-refractivity contribution < 1.29 is 9.59 Å². The van der Waals surface area contributed by atoms with E-state index in [1.165, 1.54) is 0 Å². The summed E-state index contributed by atoms with van der Waals surface area (Å²) in [5, 5.41) is 3.46. The fourth-order valence-corrected chi connectivity index (χ4v) is 2.63. The normalized spacial score (nSPS) is 19.0. The number of nitrogens with one attached hydrogen (secondary N) is 1. The van der Waals surface area contributed by atoms with E-state index >= 15 is 0 Å². The molecule has 0 aliphatic carbocycles. The van der Waals surface area contributed by atoms with Crippen LogP contribution in [0.2, 0.25) is 5.02 Å². The topological polar surface area (TPSA) is 49.4 Å². The largest absolute Gasteiger partial charge is 0.337 e. The van der Waals surface area contributed by atoms with E-state index in [9.17, 15) is 9.59 Å². The fourth-order valence-electron chi connectivity index (χ4n) is 2.45. The van der Waals surface area contributed by atoms with Crippen LogP contribution < -0.4 is 5.32 Å². The first-order valence-electron chi connectivity index (χ1n) is 7.06. The maximum atomic E-state index is 12.3. The monoisotopic (exact) mass is 308 g/mol. The second-order valence-corrected chi connectivity index (χ2v) is 6.94. The van der Waals surface area contributed by atoms with E-state index in [0.717, 1.165) is 5.56 Å². The van der Waals surface area contributed by atoms with Crippen LogP contribution >= 0.6 is 11.6 Å². The third kappa shape index (κ3) is 3.56. The van der Waals surface area contributed by atoms with Crippen molar-refractivity contribution in [3.05, 3.63) is 28.8 Å². The van der Waals surface area contributed by atoms with E-state index in [2.05, 4.69) is 5.32 Å². The summed E-state index contributed by atoms with van der Waals surface area (Å²) >= 11 is 6.05. The lowest BCUT2D eigenvalue weighted by Crippen LogP contribution is -2.42. The van der Waals surface area contributed by atoms with Crippen LogP contribution in [0, 0.1) is 12.8 Å². The quantitative estimate of drug-likeness (QED) is 0.912. The van der Waals surface area contributed by atoms with Crippen LogP contribution in [0.25, 0.3) is 0 Å². The number of hydrogen-bond acceptors (Lipinski definition) is 2. The maximum Gasteiger partial charge on any atom is 0.229 e. The minimum atomic E-state index is -0.309. The van der Waals surface area contributed by atoms with Gasteiger partial charge in [-0.1, -0.05) is 17.7 Å². The lowest BCUT2D eigenvalue weighted by atomic mass is 10.1. The second kappa shape index (κ2) is 5.68. The average Bonchev–Trinajstić information content (AvgIpc) is 2.76. The Morgan fingerprint density at radius 1 is 1.38 bits per heavy atom. The predicted molar refractivity (Wildman–Crippen MR) is 84.4 cm³/mol. The third-order valence-corrected chi connectivity index (χ3v) is 4.15. The molecule has 1 fully saturated rings. The highest BCUT2D eigenvalue weighted by molar-refractivity contribution is 6.31. The van der Waals surface area contributed by atoms with Crippen molar-refractivity contribution in [1.82, 2.24) is 4.90 Å². The Hall–Kier alpha value is -1.55. The third-order valence-electron chi connectivity index (χ3n) is 3.74. The first kappa shape index (κ1) is 15.8. The first-order valence-corrected chi connectivity index (χ1v) is 7.44. The molecule has 2 amide bonds. The number of benzene rings is 1. The van der Waals surface area contributed by atoms with Crippen molar-refractivity contribution in [2.45, 2.75) is 39.7 Å². The molecule has 0 saturated carbocycles. The Morgan fingerprint density at radius 3 is 2.57 bits per heavy atom. The smallest absolute Gasteiger partial charge is 0.229 e. The molecule has 1 aliphatic rings. The van der Waals surface area contributed by atoms with Gasteiger partial charge in [0.1, 0.15) is 0 Å². The van der Waals surface area contributed by atoms with Gasteiger partial charge in [-0.3, -0.25) is 9.59 Å². The molecule has 114 valence electrons. The van der Waals surface area contributed by atoms with E-state index in [1.807, 2.05) is 39.8 Å². The number of hydrogen-bond donors (Lipinski definition) is 1. The molecule has 1 heterocycles. The molecule has 5 heteroatoms. The predicted octanol–water partition coefficient (Wildman–Crippen LogP) is 3.23. The van der Waals surface area contributed by atoms with Gasteiger partial charge in [-0.05, 0) is 45.4 Å². The van der Waals surface area contributed by atoms with Gasteiger partial charge in [0, 0.05) is 29.2 Å². The van der Waals surface area contributed by atoms with Gasteiger partial charge in [0.25, 0.3) is 0 Å². The Balaban J connectivity index is 2.05. The van der Waals surface area contributed by atoms with Crippen LogP contribution in [0.4, 0.5) is 5.69 Å². The lowest BCUT2D eigenvalue weighted by Gasteiger charge is -2.31. The van der Waals surface area contributed by atoms with E-state index in [0.29, 0.717) is 17.3 Å². The van der Waals surface area contributed by atoms with E-state index < -0.39 is 0 Å². The van der Waals surface area contributed by atoms with Gasteiger partial charge in [0.15, 0.2) is 0 Å². The summed E-state index contributed by atoms with van der Waals surface area (Å²) in [6.07, 6.45) is 0.267. The summed E-state index contributed by atoms with van der Waals surface area (Å²) in [5.41, 5.74) is 1.38. The molecule has 4 nitrogen and oxygen atoms in total. The molecule has 0 unspecified atom stereocenters. The number of likely N-dealkylation sites (tertiary alicyclic amines) is 1. The molecule has 1 aliphatic heterocycles. The van der Waals surface area contributed by atoms with Crippen molar-refractivity contribution >= 4 is 29.1 Å². The molecular weight excluding hydrogens is 288 g/mol.